The number of fused-ring (bicyclic) bond motifs is 13. The first kappa shape index (κ1) is 58.8. The van der Waals surface area contributed by atoms with Crippen molar-refractivity contribution >= 4 is 64.5 Å². The van der Waals surface area contributed by atoms with Gasteiger partial charge in [0.05, 0.1) is 22.4 Å². The molecule has 96 heavy (non-hydrogen) atoms. The van der Waals surface area contributed by atoms with Crippen LogP contribution < -0.4 is 0 Å². The highest BCUT2D eigenvalue weighted by atomic mass is 32.1. The molecule has 4 aromatic heterocycles. The minimum absolute atomic E-state index is 0.116. The Morgan fingerprint density at radius 3 is 1.54 bits per heavy atom. The lowest BCUT2D eigenvalue weighted by Crippen LogP contribution is -2.44. The highest BCUT2D eigenvalue weighted by molar-refractivity contribution is 7.25. The summed E-state index contributed by atoms with van der Waals surface area (Å²) >= 11 is 1.82. The van der Waals surface area contributed by atoms with Crippen LogP contribution in [0, 0.1) is 0 Å². The van der Waals surface area contributed by atoms with Crippen molar-refractivity contribution in [3.8, 4) is 101 Å². The summed E-state index contributed by atoms with van der Waals surface area (Å²) in [5, 5.41) is 4.71. The molecule has 0 amide bonds. The van der Waals surface area contributed by atoms with Gasteiger partial charge in [-0.25, -0.2) is 24.9 Å². The van der Waals surface area contributed by atoms with Gasteiger partial charge in [0.2, 0.25) is 0 Å². The fraction of sp³-hybridized carbons (Fsp3) is 0.135. The van der Waals surface area contributed by atoms with Crippen LogP contribution in [0.4, 0.5) is 0 Å². The van der Waals surface area contributed by atoms with E-state index in [1.807, 2.05) is 59.9 Å². The normalized spacial score (nSPS) is 14.6. The molecule has 7 heteroatoms. The van der Waals surface area contributed by atoms with Gasteiger partial charge in [0.25, 0.3) is 0 Å². The highest BCUT2D eigenvalue weighted by Gasteiger charge is 2.48. The number of para-hydroxylation sites is 3. The quantitative estimate of drug-likeness (QED) is 0.158. The molecule has 0 atom stereocenters. The zero-order chi connectivity index (χ0) is 65.2. The first-order chi connectivity index (χ1) is 46.6. The average molecular weight is 1260 g/mol. The number of hydrogen-bond donors (Lipinski definition) is 0. The van der Waals surface area contributed by atoms with E-state index < -0.39 is 0 Å². The highest BCUT2D eigenvalue weighted by Crippen LogP contribution is 2.59. The van der Waals surface area contributed by atoms with Gasteiger partial charge in [-0.2, -0.15) is 0 Å². The van der Waals surface area contributed by atoms with E-state index in [0.717, 1.165) is 72.2 Å². The van der Waals surface area contributed by atoms with Crippen LogP contribution in [0.2, 0.25) is 0 Å². The van der Waals surface area contributed by atoms with Gasteiger partial charge < -0.3 is 4.42 Å². The molecule has 462 valence electrons. The van der Waals surface area contributed by atoms with Crippen molar-refractivity contribution in [1.82, 2.24) is 24.9 Å². The second-order valence-corrected chi connectivity index (χ2v) is 29.0. The van der Waals surface area contributed by atoms with Crippen molar-refractivity contribution < 1.29 is 4.42 Å². The molecule has 0 saturated carbocycles. The third-order valence-electron chi connectivity index (χ3n) is 21.7. The number of rotatable bonds is 7. The predicted octanol–water partition coefficient (Wildman–Crippen LogP) is 23.9. The van der Waals surface area contributed by atoms with Crippen LogP contribution in [0.5, 0.6) is 0 Å². The molecule has 0 bridgehead atoms. The Morgan fingerprint density at radius 1 is 0.271 bits per heavy atom. The number of furan rings is 1. The van der Waals surface area contributed by atoms with Gasteiger partial charge in [0.15, 0.2) is 17.5 Å². The van der Waals surface area contributed by atoms with Crippen molar-refractivity contribution in [1.29, 1.82) is 0 Å². The summed E-state index contributed by atoms with van der Waals surface area (Å²) in [5.41, 5.74) is 25.1. The molecule has 6 nitrogen and oxygen atoms in total. The Morgan fingerprint density at radius 2 is 0.802 bits per heavy atom. The summed E-state index contributed by atoms with van der Waals surface area (Å²) < 4.78 is 8.88. The minimum atomic E-state index is -0.154. The molecule has 18 rings (SSSR count). The van der Waals surface area contributed by atoms with E-state index in [9.17, 15) is 0 Å². The Hall–Kier alpha value is -11.0. The molecule has 12 aromatic carbocycles. The van der Waals surface area contributed by atoms with Gasteiger partial charge in [0.1, 0.15) is 11.2 Å². The summed E-state index contributed by atoms with van der Waals surface area (Å²) in [6, 6.07) is 97.0. The van der Waals surface area contributed by atoms with E-state index in [1.165, 1.54) is 86.9 Å². The predicted molar refractivity (Wildman–Crippen MR) is 401 cm³/mol. The van der Waals surface area contributed by atoms with E-state index >= 15 is 0 Å². The smallest absolute Gasteiger partial charge is 0.164 e. The van der Waals surface area contributed by atoms with Crippen molar-refractivity contribution in [3.63, 3.8) is 0 Å². The zero-order valence-electron chi connectivity index (χ0n) is 55.0. The summed E-state index contributed by atoms with van der Waals surface area (Å²) in [4.78, 5) is 26.0. The maximum absolute atomic E-state index is 6.33. The standard InChI is InChI=1S/C45H35N3S.C44H34N2O/c1-44(2)37-24-22-30(26-35(37)34-20-13-19-32(40(34)45(44,3)4)28-14-7-5-8-15-28)42-46-41(29-16-9-6-10-17-29)47-43(48-42)31-23-25-39-36(27-31)33-18-11-12-21-38(33)49-39;1-43(2)34-17-12-16-33(40(34)32-24-21-28(25-35(32)44(43,3)4)27-13-6-5-7-14-27)42-41(45-36-18-9-10-19-37(36)46-42)29-22-23-31-30-15-8-11-20-38(30)47-39(31)26-29/h5-27H,1-4H3;5-26H,1-4H3. The fourth-order valence-corrected chi connectivity index (χ4v) is 16.3. The van der Waals surface area contributed by atoms with Gasteiger partial charge in [-0.3, -0.25) is 0 Å². The SMILES string of the molecule is CC1(C)c2cc(-c3ccccc3)ccc2-c2c(-c3nc4ccccc4nc3-c3ccc4c(c3)oc3ccccc34)cccc2C1(C)C.CC1(C)c2ccc(-c3nc(-c4ccccc4)nc(-c4ccc5sc6ccccc6c5c4)n3)cc2-c2cccc(-c3ccccc3)c2C1(C)C. The monoisotopic (exact) mass is 1260 g/mol. The zero-order valence-corrected chi connectivity index (χ0v) is 55.8. The number of aromatic nitrogens is 5. The van der Waals surface area contributed by atoms with Crippen LogP contribution in [0.15, 0.2) is 277 Å². The van der Waals surface area contributed by atoms with Crippen molar-refractivity contribution in [2.75, 3.05) is 0 Å². The maximum atomic E-state index is 6.33. The van der Waals surface area contributed by atoms with E-state index in [-0.39, 0.29) is 21.7 Å². The van der Waals surface area contributed by atoms with E-state index in [4.69, 9.17) is 29.3 Å². The number of benzene rings is 12. The topological polar surface area (TPSA) is 77.6 Å². The van der Waals surface area contributed by atoms with E-state index in [1.54, 1.807) is 0 Å². The molecule has 0 spiro atoms. The molecule has 0 radical (unpaired) electrons. The van der Waals surface area contributed by atoms with Gasteiger partial charge in [-0.15, -0.1) is 11.3 Å². The maximum Gasteiger partial charge on any atom is 0.164 e. The number of hydrogen-bond acceptors (Lipinski definition) is 7. The first-order valence-electron chi connectivity index (χ1n) is 33.2. The van der Waals surface area contributed by atoms with Crippen molar-refractivity contribution in [3.05, 3.63) is 295 Å². The van der Waals surface area contributed by atoms with Gasteiger partial charge in [-0.05, 0) is 150 Å². The number of nitrogens with zero attached hydrogens (tertiary/aromatic N) is 5. The van der Waals surface area contributed by atoms with Gasteiger partial charge in [0, 0.05) is 64.2 Å². The molecule has 0 N–H and O–H groups in total. The molecule has 2 aliphatic carbocycles. The minimum Gasteiger partial charge on any atom is -0.456 e. The third kappa shape index (κ3) is 9.38. The molecule has 0 aliphatic heterocycles. The summed E-state index contributed by atoms with van der Waals surface area (Å²) in [6.45, 7) is 19.1. The third-order valence-corrected chi connectivity index (χ3v) is 22.9. The van der Waals surface area contributed by atoms with Crippen molar-refractivity contribution in [2.45, 2.75) is 77.0 Å². The summed E-state index contributed by atoms with van der Waals surface area (Å²) in [5.74, 6) is 2.01. The molecule has 2 aliphatic rings. The van der Waals surface area contributed by atoms with Gasteiger partial charge in [-0.1, -0.05) is 262 Å². The largest absolute Gasteiger partial charge is 0.456 e. The lowest BCUT2D eigenvalue weighted by Gasteiger charge is -2.49. The Labute approximate surface area is 563 Å². The molecular weight excluding hydrogens is 1190 g/mol. The molecule has 4 heterocycles. The Kier molecular flexibility index (Phi) is 13.7. The molecule has 0 unspecified atom stereocenters. The second-order valence-electron chi connectivity index (χ2n) is 27.9. The van der Waals surface area contributed by atoms with Crippen molar-refractivity contribution in [2.24, 2.45) is 0 Å². The van der Waals surface area contributed by atoms with E-state index in [0.29, 0.717) is 17.5 Å². The van der Waals surface area contributed by atoms with E-state index in [2.05, 4.69) is 280 Å². The van der Waals surface area contributed by atoms with Crippen LogP contribution in [0.1, 0.15) is 77.6 Å². The van der Waals surface area contributed by atoms with Crippen LogP contribution in [-0.4, -0.2) is 24.9 Å². The molecule has 0 fully saturated rings. The van der Waals surface area contributed by atoms with Crippen LogP contribution in [0.25, 0.3) is 154 Å². The molecule has 0 saturated heterocycles. The second kappa shape index (κ2) is 22.3. The summed E-state index contributed by atoms with van der Waals surface area (Å²) in [6.07, 6.45) is 0. The Balaban J connectivity index is 0.000000145. The van der Waals surface area contributed by atoms with Crippen LogP contribution >= 0.6 is 11.3 Å². The number of thiophene rings is 1. The lowest BCUT2D eigenvalue weighted by atomic mass is 9.54. The van der Waals surface area contributed by atoms with Gasteiger partial charge >= 0.3 is 0 Å². The molecule has 16 aromatic rings. The Bertz CT molecular complexity index is 5780. The lowest BCUT2D eigenvalue weighted by molar-refractivity contribution is 0.299. The molecular formula is C89H69N5OS. The van der Waals surface area contributed by atoms with Crippen LogP contribution in [0.3, 0.4) is 0 Å². The summed E-state index contributed by atoms with van der Waals surface area (Å²) in [7, 11) is 0. The first-order valence-corrected chi connectivity index (χ1v) is 34.0. The average Bonchev–Trinajstić information content (AvgIpc) is 1.16. The fourth-order valence-electron chi connectivity index (χ4n) is 15.2. The van der Waals surface area contributed by atoms with Crippen LogP contribution in [-0.2, 0) is 21.7 Å².